The molecule has 1 unspecified atom stereocenters. The third-order valence-electron chi connectivity index (χ3n) is 2.97. The fourth-order valence-electron chi connectivity index (χ4n) is 2.03. The average Bonchev–Trinajstić information content (AvgIpc) is 2.96. The van der Waals surface area contributed by atoms with Crippen molar-refractivity contribution < 1.29 is 14.3 Å². The third kappa shape index (κ3) is 3.72. The van der Waals surface area contributed by atoms with Gasteiger partial charge in [-0.25, -0.2) is 4.79 Å². The second kappa shape index (κ2) is 5.52. The number of carbonyl (C=O) groups excluding carboxylic acids is 2. The van der Waals surface area contributed by atoms with Crippen molar-refractivity contribution in [1.82, 2.24) is 15.1 Å². The molecule has 110 valence electrons. The summed E-state index contributed by atoms with van der Waals surface area (Å²) in [7, 11) is 0. The van der Waals surface area contributed by atoms with Gasteiger partial charge in [0.05, 0.1) is 12.1 Å². The molecule has 2 rings (SSSR count). The highest BCUT2D eigenvalue weighted by molar-refractivity contribution is 5.92. The molecule has 0 aromatic carbocycles. The van der Waals surface area contributed by atoms with Crippen LogP contribution in [-0.4, -0.2) is 45.8 Å². The van der Waals surface area contributed by atoms with Gasteiger partial charge in [0.2, 0.25) is 5.91 Å². The number of likely N-dealkylation sites (tertiary alicyclic amines) is 1. The minimum Gasteiger partial charge on any atom is -0.444 e. The zero-order chi connectivity index (χ0) is 14.8. The number of hydrogen-bond acceptors (Lipinski definition) is 4. The molecule has 1 aromatic rings. The van der Waals surface area contributed by atoms with Gasteiger partial charge in [0.1, 0.15) is 11.4 Å². The lowest BCUT2D eigenvalue weighted by Gasteiger charge is -2.24. The number of amides is 2. The molecule has 1 aliphatic heterocycles. The minimum atomic E-state index is -0.520. The summed E-state index contributed by atoms with van der Waals surface area (Å²) in [5.74, 6) is 0.233. The molecule has 7 nitrogen and oxygen atoms in total. The smallest absolute Gasteiger partial charge is 0.410 e. The van der Waals surface area contributed by atoms with Gasteiger partial charge in [0.25, 0.3) is 0 Å². The summed E-state index contributed by atoms with van der Waals surface area (Å²) in [5.41, 5.74) is -0.520. The zero-order valence-corrected chi connectivity index (χ0v) is 12.0. The van der Waals surface area contributed by atoms with E-state index in [0.717, 1.165) is 0 Å². The molecule has 0 radical (unpaired) electrons. The van der Waals surface area contributed by atoms with Crippen LogP contribution in [0.5, 0.6) is 0 Å². The second-order valence-corrected chi connectivity index (χ2v) is 5.87. The maximum atomic E-state index is 12.0. The summed E-state index contributed by atoms with van der Waals surface area (Å²) < 4.78 is 5.29. The Kier molecular flexibility index (Phi) is 3.96. The summed E-state index contributed by atoms with van der Waals surface area (Å²) in [4.78, 5) is 25.5. The largest absolute Gasteiger partial charge is 0.444 e. The third-order valence-corrected chi connectivity index (χ3v) is 2.97. The quantitative estimate of drug-likeness (QED) is 0.861. The highest BCUT2D eigenvalue weighted by Gasteiger charge is 2.33. The van der Waals surface area contributed by atoms with Crippen LogP contribution in [0.1, 0.15) is 27.2 Å². The topological polar surface area (TPSA) is 87.3 Å². The van der Waals surface area contributed by atoms with E-state index in [0.29, 0.717) is 25.3 Å². The molecule has 0 aliphatic carbocycles. The number of aromatic nitrogens is 2. The maximum Gasteiger partial charge on any atom is 0.410 e. The maximum absolute atomic E-state index is 12.0. The number of hydrogen-bond donors (Lipinski definition) is 2. The molecule has 2 N–H and O–H groups in total. The number of nitrogens with zero attached hydrogens (tertiary/aromatic N) is 2. The van der Waals surface area contributed by atoms with Crippen molar-refractivity contribution >= 4 is 17.8 Å². The van der Waals surface area contributed by atoms with Gasteiger partial charge in [-0.2, -0.15) is 5.10 Å². The molecule has 0 spiro atoms. The highest BCUT2D eigenvalue weighted by Crippen LogP contribution is 2.20. The summed E-state index contributed by atoms with van der Waals surface area (Å²) in [5, 5.41) is 9.17. The van der Waals surface area contributed by atoms with Crippen LogP contribution >= 0.6 is 0 Å². The summed E-state index contributed by atoms with van der Waals surface area (Å²) >= 11 is 0. The number of rotatable bonds is 2. The van der Waals surface area contributed by atoms with Crippen LogP contribution in [0.15, 0.2) is 12.3 Å². The molecule has 1 atom stereocenters. The Hall–Kier alpha value is -2.05. The first kappa shape index (κ1) is 14.4. The Morgan fingerprint density at radius 2 is 2.25 bits per heavy atom. The Morgan fingerprint density at radius 3 is 2.85 bits per heavy atom. The van der Waals surface area contributed by atoms with Gasteiger partial charge in [-0.05, 0) is 27.2 Å². The monoisotopic (exact) mass is 280 g/mol. The second-order valence-electron chi connectivity index (χ2n) is 5.87. The molecule has 1 aliphatic rings. The predicted molar refractivity (Wildman–Crippen MR) is 73.1 cm³/mol. The first-order valence-corrected chi connectivity index (χ1v) is 6.63. The lowest BCUT2D eigenvalue weighted by Crippen LogP contribution is -2.36. The van der Waals surface area contributed by atoms with Gasteiger partial charge >= 0.3 is 6.09 Å². The molecule has 0 saturated carbocycles. The number of ether oxygens (including phenoxy) is 1. The Morgan fingerprint density at radius 1 is 1.50 bits per heavy atom. The van der Waals surface area contributed by atoms with Crippen LogP contribution < -0.4 is 5.32 Å². The van der Waals surface area contributed by atoms with Crippen molar-refractivity contribution in [1.29, 1.82) is 0 Å². The first-order valence-electron chi connectivity index (χ1n) is 6.63. The van der Waals surface area contributed by atoms with E-state index in [1.165, 1.54) is 0 Å². The number of anilines is 1. The molecule has 7 heteroatoms. The van der Waals surface area contributed by atoms with Crippen LogP contribution in [0.4, 0.5) is 10.6 Å². The van der Waals surface area contributed by atoms with Crippen molar-refractivity contribution in [2.24, 2.45) is 5.92 Å². The molecule has 2 amide bonds. The van der Waals surface area contributed by atoms with E-state index in [9.17, 15) is 9.59 Å². The Labute approximate surface area is 117 Å². The van der Waals surface area contributed by atoms with Gasteiger partial charge in [0.15, 0.2) is 0 Å². The van der Waals surface area contributed by atoms with E-state index in [4.69, 9.17) is 4.74 Å². The molecule has 20 heavy (non-hydrogen) atoms. The lowest BCUT2D eigenvalue weighted by atomic mass is 10.1. The summed E-state index contributed by atoms with van der Waals surface area (Å²) in [6.45, 7) is 6.39. The fourth-order valence-corrected chi connectivity index (χ4v) is 2.03. The van der Waals surface area contributed by atoms with Crippen LogP contribution in [0.2, 0.25) is 0 Å². The van der Waals surface area contributed by atoms with E-state index >= 15 is 0 Å². The molecule has 1 saturated heterocycles. The minimum absolute atomic E-state index is 0.111. The molecular formula is C13H20N4O3. The first-order chi connectivity index (χ1) is 9.35. The molecular weight excluding hydrogens is 260 g/mol. The van der Waals surface area contributed by atoms with Gasteiger partial charge in [-0.3, -0.25) is 9.89 Å². The number of nitrogens with one attached hydrogen (secondary N) is 2. The predicted octanol–water partition coefficient (Wildman–Crippen LogP) is 1.61. The molecule has 1 fully saturated rings. The molecule has 2 heterocycles. The van der Waals surface area contributed by atoms with Crippen molar-refractivity contribution in [2.75, 3.05) is 18.4 Å². The zero-order valence-electron chi connectivity index (χ0n) is 12.0. The summed E-state index contributed by atoms with van der Waals surface area (Å²) in [6, 6.07) is 1.68. The van der Waals surface area contributed by atoms with Crippen molar-refractivity contribution in [3.8, 4) is 0 Å². The lowest BCUT2D eigenvalue weighted by molar-refractivity contribution is -0.119. The molecule has 1 aromatic heterocycles. The van der Waals surface area contributed by atoms with Gasteiger partial charge in [0, 0.05) is 19.2 Å². The Balaban J connectivity index is 1.85. The average molecular weight is 280 g/mol. The highest BCUT2D eigenvalue weighted by atomic mass is 16.6. The number of carbonyl (C=O) groups is 2. The van der Waals surface area contributed by atoms with Crippen LogP contribution in [0, 0.1) is 5.92 Å². The van der Waals surface area contributed by atoms with Crippen molar-refractivity contribution in [2.45, 2.75) is 32.8 Å². The number of aromatic amines is 1. The van der Waals surface area contributed by atoms with E-state index in [1.54, 1.807) is 17.2 Å². The van der Waals surface area contributed by atoms with Gasteiger partial charge < -0.3 is 15.0 Å². The number of H-pyrrole nitrogens is 1. The normalized spacial score (nSPS) is 18.9. The fraction of sp³-hybridized carbons (Fsp3) is 0.615. The van der Waals surface area contributed by atoms with E-state index in [-0.39, 0.29) is 17.9 Å². The van der Waals surface area contributed by atoms with E-state index in [1.807, 2.05) is 20.8 Å². The summed E-state index contributed by atoms with van der Waals surface area (Å²) in [6.07, 6.45) is 1.84. The van der Waals surface area contributed by atoms with Crippen molar-refractivity contribution in [3.05, 3.63) is 12.3 Å². The van der Waals surface area contributed by atoms with Gasteiger partial charge in [-0.1, -0.05) is 0 Å². The standard InChI is InChI=1S/C13H20N4O3/c1-13(2,3)20-12(19)17-7-5-9(8-17)11(18)15-10-4-6-14-16-10/h4,6,9H,5,7-8H2,1-3H3,(H2,14,15,16,18). The van der Waals surface area contributed by atoms with Crippen LogP contribution in [0.3, 0.4) is 0 Å². The Bertz CT molecular complexity index is 478. The van der Waals surface area contributed by atoms with E-state index in [2.05, 4.69) is 15.5 Å². The van der Waals surface area contributed by atoms with Gasteiger partial charge in [-0.15, -0.1) is 0 Å². The molecule has 0 bridgehead atoms. The van der Waals surface area contributed by atoms with E-state index < -0.39 is 5.60 Å². The van der Waals surface area contributed by atoms with Crippen LogP contribution in [0.25, 0.3) is 0 Å². The van der Waals surface area contributed by atoms with Crippen molar-refractivity contribution in [3.63, 3.8) is 0 Å². The SMILES string of the molecule is CC(C)(C)OC(=O)N1CCC(C(=O)Nc2ccn[nH]2)C1. The van der Waals surface area contributed by atoms with Crippen LogP contribution in [-0.2, 0) is 9.53 Å².